The van der Waals surface area contributed by atoms with Crippen molar-refractivity contribution in [3.63, 3.8) is 0 Å². The number of pyridine rings is 1. The highest BCUT2D eigenvalue weighted by molar-refractivity contribution is 7.80. The maximum Gasteiger partial charge on any atom is 0.261 e. The lowest BCUT2D eigenvalue weighted by atomic mass is 10.1. The summed E-state index contributed by atoms with van der Waals surface area (Å²) in [7, 11) is 0. The Balaban J connectivity index is 1.26. The van der Waals surface area contributed by atoms with Crippen molar-refractivity contribution >= 4 is 45.7 Å². The van der Waals surface area contributed by atoms with Gasteiger partial charge in [-0.1, -0.05) is 54.6 Å². The van der Waals surface area contributed by atoms with E-state index in [1.165, 1.54) is 4.90 Å². The summed E-state index contributed by atoms with van der Waals surface area (Å²) >= 11 is 5.49. The number of fused-ring (bicyclic) bond motifs is 2. The van der Waals surface area contributed by atoms with Crippen molar-refractivity contribution < 1.29 is 14.4 Å². The number of thiocarbonyl (C=S) groups is 1. The van der Waals surface area contributed by atoms with Crippen LogP contribution in [0.5, 0.6) is 0 Å². The summed E-state index contributed by atoms with van der Waals surface area (Å²) in [6.45, 7) is 0.142. The third-order valence-corrected chi connectivity index (χ3v) is 6.58. The van der Waals surface area contributed by atoms with Gasteiger partial charge in [-0.2, -0.15) is 0 Å². The van der Waals surface area contributed by atoms with Gasteiger partial charge in [-0.05, 0) is 53.9 Å². The van der Waals surface area contributed by atoms with Crippen LogP contribution in [-0.2, 0) is 6.42 Å². The first-order valence-electron chi connectivity index (χ1n) is 11.9. The SMILES string of the molecule is O=C(CNC(=S)N[C@H](Cc1ccccc1)CN1C(=O)c2ccccc2C1=O)c1ccc2cnccc2c1. The van der Waals surface area contributed by atoms with Crippen LogP contribution in [0.4, 0.5) is 0 Å². The van der Waals surface area contributed by atoms with Crippen molar-refractivity contribution in [1.82, 2.24) is 20.5 Å². The van der Waals surface area contributed by atoms with Gasteiger partial charge in [0.2, 0.25) is 0 Å². The number of carbonyl (C=O) groups excluding carboxylic acids is 3. The highest BCUT2D eigenvalue weighted by Gasteiger charge is 2.36. The molecule has 184 valence electrons. The van der Waals surface area contributed by atoms with Crippen molar-refractivity contribution in [1.29, 1.82) is 0 Å². The maximum atomic E-state index is 12.9. The fourth-order valence-corrected chi connectivity index (χ4v) is 4.68. The van der Waals surface area contributed by atoms with E-state index < -0.39 is 0 Å². The topological polar surface area (TPSA) is 91.4 Å². The molecule has 0 saturated carbocycles. The molecule has 0 saturated heterocycles. The Morgan fingerprint density at radius 3 is 2.32 bits per heavy atom. The monoisotopic (exact) mass is 508 g/mol. The normalized spacial score (nSPS) is 13.4. The van der Waals surface area contributed by atoms with Crippen molar-refractivity contribution in [2.45, 2.75) is 12.5 Å². The van der Waals surface area contributed by atoms with Crippen molar-refractivity contribution in [2.75, 3.05) is 13.1 Å². The molecule has 0 spiro atoms. The largest absolute Gasteiger partial charge is 0.358 e. The zero-order chi connectivity index (χ0) is 25.8. The molecule has 2 amide bonds. The summed E-state index contributed by atoms with van der Waals surface area (Å²) < 4.78 is 0. The lowest BCUT2D eigenvalue weighted by Crippen LogP contribution is -2.50. The van der Waals surface area contributed by atoms with Crippen LogP contribution in [0.1, 0.15) is 36.6 Å². The second-order valence-electron chi connectivity index (χ2n) is 8.84. The van der Waals surface area contributed by atoms with E-state index >= 15 is 0 Å². The van der Waals surface area contributed by atoms with Crippen molar-refractivity contribution in [2.24, 2.45) is 0 Å². The van der Waals surface area contributed by atoms with E-state index in [0.29, 0.717) is 23.1 Å². The number of aromatic nitrogens is 1. The minimum absolute atomic E-state index is 0.00744. The van der Waals surface area contributed by atoms with Gasteiger partial charge in [-0.25, -0.2) is 0 Å². The summed E-state index contributed by atoms with van der Waals surface area (Å²) in [6, 6.07) is 23.5. The molecule has 1 atom stereocenters. The Morgan fingerprint density at radius 2 is 1.59 bits per heavy atom. The molecule has 7 nitrogen and oxygen atoms in total. The molecule has 5 rings (SSSR count). The number of nitrogens with zero attached hydrogens (tertiary/aromatic N) is 2. The van der Waals surface area contributed by atoms with Crippen LogP contribution in [0.3, 0.4) is 0 Å². The van der Waals surface area contributed by atoms with Gasteiger partial charge in [-0.3, -0.25) is 24.3 Å². The third-order valence-electron chi connectivity index (χ3n) is 6.31. The van der Waals surface area contributed by atoms with E-state index in [2.05, 4.69) is 15.6 Å². The van der Waals surface area contributed by atoms with Crippen LogP contribution in [0, 0.1) is 0 Å². The average Bonchev–Trinajstić information content (AvgIpc) is 3.17. The maximum absolute atomic E-state index is 12.9. The van der Waals surface area contributed by atoms with E-state index in [-0.39, 0.29) is 41.8 Å². The molecule has 0 bridgehead atoms. The van der Waals surface area contributed by atoms with Crippen molar-refractivity contribution in [3.05, 3.63) is 114 Å². The number of nitrogens with one attached hydrogen (secondary N) is 2. The van der Waals surface area contributed by atoms with E-state index in [1.54, 1.807) is 42.7 Å². The molecule has 1 aromatic heterocycles. The zero-order valence-electron chi connectivity index (χ0n) is 19.9. The molecule has 1 aliphatic heterocycles. The van der Waals surface area contributed by atoms with Gasteiger partial charge < -0.3 is 10.6 Å². The van der Waals surface area contributed by atoms with Crippen LogP contribution in [0.25, 0.3) is 10.8 Å². The number of amides is 2. The van der Waals surface area contributed by atoms with E-state index in [1.807, 2.05) is 48.5 Å². The van der Waals surface area contributed by atoms with Crippen LogP contribution < -0.4 is 10.6 Å². The molecule has 3 aromatic carbocycles. The quantitative estimate of drug-likeness (QED) is 0.213. The van der Waals surface area contributed by atoms with Crippen LogP contribution in [0.15, 0.2) is 91.3 Å². The molecule has 0 unspecified atom stereocenters. The molecule has 4 aromatic rings. The summed E-state index contributed by atoms with van der Waals surface area (Å²) in [5.74, 6) is -0.745. The highest BCUT2D eigenvalue weighted by Crippen LogP contribution is 2.23. The van der Waals surface area contributed by atoms with E-state index in [4.69, 9.17) is 12.2 Å². The number of carbonyl (C=O) groups is 3. The molecule has 1 aliphatic rings. The second kappa shape index (κ2) is 10.7. The first kappa shape index (κ1) is 24.3. The lowest BCUT2D eigenvalue weighted by Gasteiger charge is -2.25. The Kier molecular flexibility index (Phi) is 7.00. The average molecular weight is 509 g/mol. The van der Waals surface area contributed by atoms with Crippen LogP contribution >= 0.6 is 12.2 Å². The molecular formula is C29H24N4O3S. The number of ketones is 1. The first-order chi connectivity index (χ1) is 18.0. The predicted molar refractivity (Wildman–Crippen MR) is 146 cm³/mol. The second-order valence-corrected chi connectivity index (χ2v) is 9.25. The Hall–Kier alpha value is -4.43. The molecular weight excluding hydrogens is 484 g/mol. The van der Waals surface area contributed by atoms with Crippen LogP contribution in [0.2, 0.25) is 0 Å². The Morgan fingerprint density at radius 1 is 0.892 bits per heavy atom. The molecule has 2 heterocycles. The van der Waals surface area contributed by atoms with Gasteiger partial charge in [0, 0.05) is 29.9 Å². The zero-order valence-corrected chi connectivity index (χ0v) is 20.7. The van der Waals surface area contributed by atoms with Crippen LogP contribution in [-0.4, -0.2) is 51.7 Å². The Labute approximate surface area is 219 Å². The molecule has 0 fully saturated rings. The van der Waals surface area contributed by atoms with Gasteiger partial charge in [0.05, 0.1) is 23.7 Å². The third kappa shape index (κ3) is 5.39. The Bertz CT molecular complexity index is 1470. The number of benzene rings is 3. The lowest BCUT2D eigenvalue weighted by molar-refractivity contribution is 0.0641. The van der Waals surface area contributed by atoms with E-state index in [0.717, 1.165) is 16.3 Å². The molecule has 0 aliphatic carbocycles. The molecule has 8 heteroatoms. The number of hydrogen-bond acceptors (Lipinski definition) is 5. The molecule has 0 radical (unpaired) electrons. The summed E-state index contributed by atoms with van der Waals surface area (Å²) in [5, 5.41) is 8.36. The minimum atomic E-state index is -0.354. The standard InChI is InChI=1S/C29H24N4O3S/c34-26(21-10-11-22-16-30-13-12-20(22)15-21)17-31-29(37)32-23(14-19-6-2-1-3-7-19)18-33-27(35)24-8-4-5-9-25(24)28(33)36/h1-13,15-16,23H,14,17-18H2,(H2,31,32,37)/t23-/m1/s1. The number of Topliss-reactive ketones (excluding diaryl/α,β-unsaturated/α-hetero) is 1. The highest BCUT2D eigenvalue weighted by atomic mass is 32.1. The number of rotatable bonds is 8. The fraction of sp³-hybridized carbons (Fsp3) is 0.138. The summed E-state index contributed by atoms with van der Waals surface area (Å²) in [6.07, 6.45) is 3.97. The molecule has 2 N–H and O–H groups in total. The van der Waals surface area contributed by atoms with Gasteiger partial charge in [-0.15, -0.1) is 0 Å². The van der Waals surface area contributed by atoms with E-state index in [9.17, 15) is 14.4 Å². The summed E-state index contributed by atoms with van der Waals surface area (Å²) in [4.78, 5) is 44.0. The van der Waals surface area contributed by atoms with Crippen molar-refractivity contribution in [3.8, 4) is 0 Å². The van der Waals surface area contributed by atoms with Gasteiger partial charge in [0.25, 0.3) is 11.8 Å². The van der Waals surface area contributed by atoms with Gasteiger partial charge in [0.1, 0.15) is 0 Å². The number of imide groups is 1. The smallest absolute Gasteiger partial charge is 0.261 e. The number of hydrogen-bond donors (Lipinski definition) is 2. The summed E-state index contributed by atoms with van der Waals surface area (Å²) in [5.41, 5.74) is 2.41. The van der Waals surface area contributed by atoms with Gasteiger partial charge >= 0.3 is 0 Å². The predicted octanol–water partition coefficient (Wildman–Crippen LogP) is 3.79. The first-order valence-corrected chi connectivity index (χ1v) is 12.3. The minimum Gasteiger partial charge on any atom is -0.358 e. The van der Waals surface area contributed by atoms with Gasteiger partial charge in [0.15, 0.2) is 10.9 Å². The fourth-order valence-electron chi connectivity index (χ4n) is 4.44. The molecule has 37 heavy (non-hydrogen) atoms.